The molecule has 5 heteroatoms. The minimum Gasteiger partial charge on any atom is -0.295 e. The van der Waals surface area contributed by atoms with E-state index in [9.17, 15) is 4.79 Å². The number of hydrogen-bond acceptors (Lipinski definition) is 5. The van der Waals surface area contributed by atoms with Gasteiger partial charge in [0.05, 0.1) is 5.69 Å². The van der Waals surface area contributed by atoms with Gasteiger partial charge in [-0.2, -0.15) is 0 Å². The summed E-state index contributed by atoms with van der Waals surface area (Å²) in [4.78, 5) is 19.3. The van der Waals surface area contributed by atoms with Crippen LogP contribution in [0.4, 0.5) is 11.5 Å². The normalized spacial score (nSPS) is 10.2. The van der Waals surface area contributed by atoms with Gasteiger partial charge in [0.15, 0.2) is 11.6 Å². The predicted molar refractivity (Wildman–Crippen MR) is 69.5 cm³/mol. The molecule has 2 N–H and O–H groups in total. The van der Waals surface area contributed by atoms with Crippen molar-refractivity contribution in [2.75, 3.05) is 5.01 Å². The third-order valence-electron chi connectivity index (χ3n) is 2.59. The number of hydrogen-bond donors (Lipinski definition) is 1. The lowest BCUT2D eigenvalue weighted by Gasteiger charge is -2.17. The summed E-state index contributed by atoms with van der Waals surface area (Å²) in [6.07, 6.45) is 1.47. The molecule has 0 aliphatic rings. The van der Waals surface area contributed by atoms with Gasteiger partial charge < -0.3 is 0 Å². The van der Waals surface area contributed by atoms with Crippen molar-refractivity contribution in [3.63, 3.8) is 0 Å². The van der Waals surface area contributed by atoms with Crippen molar-refractivity contribution in [1.29, 1.82) is 0 Å². The average Bonchev–Trinajstić information content (AvgIpc) is 2.38. The van der Waals surface area contributed by atoms with E-state index in [2.05, 4.69) is 9.97 Å². The van der Waals surface area contributed by atoms with Gasteiger partial charge in [0.25, 0.3) is 0 Å². The molecular formula is C13H14N4O. The van der Waals surface area contributed by atoms with Gasteiger partial charge in [-0.25, -0.2) is 15.8 Å². The van der Waals surface area contributed by atoms with E-state index in [1.165, 1.54) is 18.3 Å². The Morgan fingerprint density at radius 1 is 1.22 bits per heavy atom. The maximum atomic E-state index is 11.2. The van der Waals surface area contributed by atoms with E-state index in [1.54, 1.807) is 30.3 Å². The molecule has 0 unspecified atom stereocenters. The molecule has 0 bridgehead atoms. The van der Waals surface area contributed by atoms with Gasteiger partial charge in [-0.05, 0) is 38.1 Å². The lowest BCUT2D eigenvalue weighted by Crippen LogP contribution is -2.26. The molecule has 0 saturated carbocycles. The van der Waals surface area contributed by atoms with Crippen LogP contribution in [0.3, 0.4) is 0 Å². The van der Waals surface area contributed by atoms with E-state index in [0.29, 0.717) is 11.4 Å². The second-order valence-corrected chi connectivity index (χ2v) is 3.99. The monoisotopic (exact) mass is 242 g/mol. The lowest BCUT2D eigenvalue weighted by atomic mass is 10.1. The highest BCUT2D eigenvalue weighted by Gasteiger charge is 2.07. The van der Waals surface area contributed by atoms with E-state index in [4.69, 9.17) is 5.84 Å². The third-order valence-corrected chi connectivity index (χ3v) is 2.59. The highest BCUT2D eigenvalue weighted by atomic mass is 16.1. The van der Waals surface area contributed by atoms with Gasteiger partial charge in [0, 0.05) is 17.3 Å². The zero-order valence-electron chi connectivity index (χ0n) is 10.3. The highest BCUT2D eigenvalue weighted by Crippen LogP contribution is 2.20. The van der Waals surface area contributed by atoms with Crippen LogP contribution in [0.5, 0.6) is 0 Å². The average molecular weight is 242 g/mol. The molecule has 0 aliphatic carbocycles. The van der Waals surface area contributed by atoms with Crippen LogP contribution in [0, 0.1) is 6.92 Å². The second kappa shape index (κ2) is 4.93. The molecule has 0 fully saturated rings. The largest absolute Gasteiger partial charge is 0.295 e. The van der Waals surface area contributed by atoms with Crippen molar-refractivity contribution in [2.45, 2.75) is 13.8 Å². The second-order valence-electron chi connectivity index (χ2n) is 3.99. The SMILES string of the molecule is CC(=O)c1ccc(N(N)c2cc(C)ncn2)cc1. The number of benzene rings is 1. The smallest absolute Gasteiger partial charge is 0.159 e. The number of nitrogens with two attached hydrogens (primary N) is 1. The van der Waals surface area contributed by atoms with E-state index in [1.807, 2.05) is 6.92 Å². The quantitative estimate of drug-likeness (QED) is 0.506. The first-order chi connectivity index (χ1) is 8.58. The van der Waals surface area contributed by atoms with E-state index in [-0.39, 0.29) is 5.78 Å². The van der Waals surface area contributed by atoms with Gasteiger partial charge in [0.1, 0.15) is 6.33 Å². The number of aryl methyl sites for hydroxylation is 1. The van der Waals surface area contributed by atoms with E-state index >= 15 is 0 Å². The summed E-state index contributed by atoms with van der Waals surface area (Å²) in [7, 11) is 0. The Labute approximate surface area is 105 Å². The molecule has 92 valence electrons. The Bertz CT molecular complexity index is 565. The van der Waals surface area contributed by atoms with Gasteiger partial charge in [-0.3, -0.25) is 9.80 Å². The van der Waals surface area contributed by atoms with Crippen LogP contribution < -0.4 is 10.9 Å². The Kier molecular flexibility index (Phi) is 3.34. The highest BCUT2D eigenvalue weighted by molar-refractivity contribution is 5.94. The molecule has 0 aliphatic heterocycles. The molecule has 5 nitrogen and oxygen atoms in total. The number of carbonyl (C=O) groups excluding carboxylic acids is 1. The lowest BCUT2D eigenvalue weighted by molar-refractivity contribution is 0.101. The summed E-state index contributed by atoms with van der Waals surface area (Å²) in [5.74, 6) is 6.61. The first kappa shape index (κ1) is 12.2. The van der Waals surface area contributed by atoms with E-state index in [0.717, 1.165) is 11.4 Å². The maximum absolute atomic E-state index is 11.2. The van der Waals surface area contributed by atoms with Crippen LogP contribution >= 0.6 is 0 Å². The molecule has 1 aromatic carbocycles. The van der Waals surface area contributed by atoms with E-state index < -0.39 is 0 Å². The van der Waals surface area contributed by atoms with Crippen molar-refractivity contribution < 1.29 is 4.79 Å². The minimum atomic E-state index is 0.0306. The zero-order chi connectivity index (χ0) is 13.1. The van der Waals surface area contributed by atoms with Gasteiger partial charge in [-0.1, -0.05) is 0 Å². The molecule has 2 rings (SSSR count). The summed E-state index contributed by atoms with van der Waals surface area (Å²) in [5.41, 5.74) is 2.26. The standard InChI is InChI=1S/C13H14N4O/c1-9-7-13(16-8-15-9)17(14)12-5-3-11(4-6-12)10(2)18/h3-8H,14H2,1-2H3. The molecule has 18 heavy (non-hydrogen) atoms. The van der Waals surface area contributed by atoms with Gasteiger partial charge >= 0.3 is 0 Å². The first-order valence-electron chi connectivity index (χ1n) is 5.52. The summed E-state index contributed by atoms with van der Waals surface area (Å²) in [5, 5.41) is 1.46. The Hall–Kier alpha value is -2.27. The maximum Gasteiger partial charge on any atom is 0.159 e. The number of hydrazine groups is 1. The molecule has 0 saturated heterocycles. The molecule has 0 spiro atoms. The van der Waals surface area contributed by atoms with Gasteiger partial charge in [0.2, 0.25) is 0 Å². The molecular weight excluding hydrogens is 228 g/mol. The van der Waals surface area contributed by atoms with Crippen LogP contribution in [-0.2, 0) is 0 Å². The fourth-order valence-electron chi connectivity index (χ4n) is 1.56. The fourth-order valence-corrected chi connectivity index (χ4v) is 1.56. The topological polar surface area (TPSA) is 72.1 Å². The van der Waals surface area contributed by atoms with Crippen LogP contribution in [0.25, 0.3) is 0 Å². The number of rotatable bonds is 3. The summed E-state index contributed by atoms with van der Waals surface area (Å²) < 4.78 is 0. The van der Waals surface area contributed by atoms with Gasteiger partial charge in [-0.15, -0.1) is 0 Å². The summed E-state index contributed by atoms with van der Waals surface area (Å²) >= 11 is 0. The van der Waals surface area contributed by atoms with Crippen molar-refractivity contribution in [3.8, 4) is 0 Å². The first-order valence-corrected chi connectivity index (χ1v) is 5.52. The van der Waals surface area contributed by atoms with Crippen molar-refractivity contribution in [1.82, 2.24) is 9.97 Å². The number of aromatic nitrogens is 2. The van der Waals surface area contributed by atoms with Crippen molar-refractivity contribution >= 4 is 17.3 Å². The van der Waals surface area contributed by atoms with Crippen LogP contribution in [0.1, 0.15) is 23.0 Å². The summed E-state index contributed by atoms with van der Waals surface area (Å²) in [6, 6.07) is 8.85. The Balaban J connectivity index is 2.28. The van der Waals surface area contributed by atoms with Crippen LogP contribution in [0.15, 0.2) is 36.7 Å². The fraction of sp³-hybridized carbons (Fsp3) is 0.154. The molecule has 2 aromatic rings. The molecule has 1 aromatic heterocycles. The van der Waals surface area contributed by atoms with Crippen LogP contribution in [0.2, 0.25) is 0 Å². The number of ketones is 1. The number of carbonyl (C=O) groups is 1. The Morgan fingerprint density at radius 2 is 1.89 bits per heavy atom. The number of Topliss-reactive ketones (excluding diaryl/α,β-unsaturated/α-hetero) is 1. The van der Waals surface area contributed by atoms with Crippen molar-refractivity contribution in [3.05, 3.63) is 47.9 Å². The zero-order valence-corrected chi connectivity index (χ0v) is 10.3. The number of nitrogens with zero attached hydrogens (tertiary/aromatic N) is 3. The van der Waals surface area contributed by atoms with Crippen molar-refractivity contribution in [2.24, 2.45) is 5.84 Å². The summed E-state index contributed by atoms with van der Waals surface area (Å²) in [6.45, 7) is 3.40. The molecule has 0 amide bonds. The molecule has 0 atom stereocenters. The molecule has 1 heterocycles. The molecule has 0 radical (unpaired) electrons. The third kappa shape index (κ3) is 2.52. The number of anilines is 2. The predicted octanol–water partition coefficient (Wildman–Crippen LogP) is 2.00. The Morgan fingerprint density at radius 3 is 2.44 bits per heavy atom. The minimum absolute atomic E-state index is 0.0306. The van der Waals surface area contributed by atoms with Crippen LogP contribution in [-0.4, -0.2) is 15.8 Å².